The Labute approximate surface area is 125 Å². The zero-order valence-electron chi connectivity index (χ0n) is 12.7. The molecule has 0 aliphatic heterocycles. The minimum atomic E-state index is -0.638. The van der Waals surface area contributed by atoms with Crippen LogP contribution in [0.2, 0.25) is 0 Å². The highest BCUT2D eigenvalue weighted by Crippen LogP contribution is 2.28. The van der Waals surface area contributed by atoms with Gasteiger partial charge in [0.05, 0.1) is 25.4 Å². The van der Waals surface area contributed by atoms with Crippen LogP contribution in [0.15, 0.2) is 12.4 Å². The highest BCUT2D eigenvalue weighted by molar-refractivity contribution is 5.79. The van der Waals surface area contributed by atoms with Crippen LogP contribution < -0.4 is 10.6 Å². The molecule has 1 aliphatic carbocycles. The molecule has 114 valence electrons. The van der Waals surface area contributed by atoms with Gasteiger partial charge in [0.1, 0.15) is 5.54 Å². The van der Waals surface area contributed by atoms with E-state index in [9.17, 15) is 10.1 Å². The molecule has 0 radical (unpaired) electrons. The summed E-state index contributed by atoms with van der Waals surface area (Å²) in [5, 5.41) is 19.5. The fourth-order valence-electron chi connectivity index (χ4n) is 2.73. The molecule has 6 heteroatoms. The minimum Gasteiger partial charge on any atom is -0.337 e. The van der Waals surface area contributed by atoms with Gasteiger partial charge in [0, 0.05) is 12.2 Å². The monoisotopic (exact) mass is 289 g/mol. The van der Waals surface area contributed by atoms with E-state index in [4.69, 9.17) is 0 Å². The molecular formula is C15H23N5O. The molecule has 21 heavy (non-hydrogen) atoms. The maximum Gasteiger partial charge on any atom is 0.235 e. The Kier molecular flexibility index (Phi) is 4.97. The molecule has 6 nitrogen and oxygen atoms in total. The predicted molar refractivity (Wildman–Crippen MR) is 79.4 cm³/mol. The first kappa shape index (κ1) is 15.5. The van der Waals surface area contributed by atoms with Gasteiger partial charge >= 0.3 is 0 Å². The van der Waals surface area contributed by atoms with Crippen LogP contribution in [0.3, 0.4) is 0 Å². The van der Waals surface area contributed by atoms with Gasteiger partial charge in [0.2, 0.25) is 5.91 Å². The van der Waals surface area contributed by atoms with Gasteiger partial charge in [-0.1, -0.05) is 0 Å². The normalized spacial score (nSPS) is 18.1. The van der Waals surface area contributed by atoms with Crippen LogP contribution in [0.1, 0.15) is 38.2 Å². The number of nitrogens with one attached hydrogen (secondary N) is 2. The number of aromatic nitrogens is 2. The van der Waals surface area contributed by atoms with Crippen molar-refractivity contribution in [2.24, 2.45) is 0 Å². The van der Waals surface area contributed by atoms with E-state index in [1.807, 2.05) is 30.9 Å². The summed E-state index contributed by atoms with van der Waals surface area (Å²) in [4.78, 5) is 12.0. The number of nitriles is 1. The topological polar surface area (TPSA) is 82.7 Å². The molecule has 1 aliphatic rings. The van der Waals surface area contributed by atoms with Crippen molar-refractivity contribution in [3.63, 3.8) is 0 Å². The van der Waals surface area contributed by atoms with Gasteiger partial charge in [-0.2, -0.15) is 10.4 Å². The molecule has 1 atom stereocenters. The number of aryl methyl sites for hydroxylation is 1. The third-order valence-electron chi connectivity index (χ3n) is 3.88. The van der Waals surface area contributed by atoms with Crippen molar-refractivity contribution in [3.8, 4) is 6.07 Å². The lowest BCUT2D eigenvalue weighted by Gasteiger charge is -2.22. The van der Waals surface area contributed by atoms with Crippen LogP contribution in [0.5, 0.6) is 0 Å². The summed E-state index contributed by atoms with van der Waals surface area (Å²) in [6.45, 7) is 4.95. The van der Waals surface area contributed by atoms with E-state index in [0.717, 1.165) is 31.2 Å². The van der Waals surface area contributed by atoms with Crippen LogP contribution in [-0.4, -0.2) is 33.8 Å². The van der Waals surface area contributed by atoms with Crippen molar-refractivity contribution in [2.75, 3.05) is 6.54 Å². The second-order valence-corrected chi connectivity index (χ2v) is 5.97. The van der Waals surface area contributed by atoms with E-state index < -0.39 is 5.54 Å². The maximum absolute atomic E-state index is 12.0. The Balaban J connectivity index is 1.74. The summed E-state index contributed by atoms with van der Waals surface area (Å²) in [6, 6.07) is 2.40. The molecule has 0 spiro atoms. The molecule has 1 heterocycles. The number of nitrogens with zero attached hydrogens (tertiary/aromatic N) is 3. The van der Waals surface area contributed by atoms with E-state index in [0.29, 0.717) is 6.54 Å². The van der Waals surface area contributed by atoms with E-state index in [1.165, 1.54) is 0 Å². The Bertz CT molecular complexity index is 524. The average Bonchev–Trinajstić information content (AvgIpc) is 3.07. The molecule has 0 bridgehead atoms. The zero-order chi connectivity index (χ0) is 15.3. The summed E-state index contributed by atoms with van der Waals surface area (Å²) in [5.74, 6) is -0.109. The number of rotatable bonds is 6. The van der Waals surface area contributed by atoms with Crippen molar-refractivity contribution in [1.29, 1.82) is 5.26 Å². The molecule has 0 aromatic carbocycles. The van der Waals surface area contributed by atoms with Gasteiger partial charge in [0.25, 0.3) is 0 Å². The van der Waals surface area contributed by atoms with Crippen molar-refractivity contribution in [3.05, 3.63) is 18.0 Å². The number of carbonyl (C=O) groups excluding carboxylic acids is 1. The SMILES string of the molecule is Cc1cnn(CC(C)NCC(=O)NC2(C#N)CCCC2)c1. The van der Waals surface area contributed by atoms with E-state index in [1.54, 1.807) is 0 Å². The maximum atomic E-state index is 12.0. The summed E-state index contributed by atoms with van der Waals surface area (Å²) in [6.07, 6.45) is 7.33. The summed E-state index contributed by atoms with van der Waals surface area (Å²) >= 11 is 0. The molecule has 1 aromatic heterocycles. The first-order valence-electron chi connectivity index (χ1n) is 7.48. The van der Waals surface area contributed by atoms with Gasteiger partial charge in [-0.25, -0.2) is 0 Å². The Morgan fingerprint density at radius 1 is 1.57 bits per heavy atom. The van der Waals surface area contributed by atoms with Crippen molar-refractivity contribution >= 4 is 5.91 Å². The molecule has 2 rings (SSSR count). The molecule has 1 unspecified atom stereocenters. The molecule has 0 saturated heterocycles. The fourth-order valence-corrected chi connectivity index (χ4v) is 2.73. The van der Waals surface area contributed by atoms with Gasteiger partial charge in [-0.3, -0.25) is 9.48 Å². The third-order valence-corrected chi connectivity index (χ3v) is 3.88. The third kappa shape index (κ3) is 4.30. The molecule has 1 saturated carbocycles. The van der Waals surface area contributed by atoms with E-state index in [-0.39, 0.29) is 18.5 Å². The summed E-state index contributed by atoms with van der Waals surface area (Å²) in [5.41, 5.74) is 0.485. The minimum absolute atomic E-state index is 0.109. The smallest absolute Gasteiger partial charge is 0.235 e. The highest BCUT2D eigenvalue weighted by Gasteiger charge is 2.35. The number of hydrogen-bond acceptors (Lipinski definition) is 4. The first-order valence-corrected chi connectivity index (χ1v) is 7.48. The summed E-state index contributed by atoms with van der Waals surface area (Å²) in [7, 11) is 0. The Morgan fingerprint density at radius 3 is 2.86 bits per heavy atom. The van der Waals surface area contributed by atoms with Crippen molar-refractivity contribution < 1.29 is 4.79 Å². The molecule has 1 aromatic rings. The van der Waals surface area contributed by atoms with E-state index in [2.05, 4.69) is 21.8 Å². The van der Waals surface area contributed by atoms with Crippen molar-refractivity contribution in [2.45, 2.75) is 57.7 Å². The Hall–Kier alpha value is -1.87. The number of hydrogen-bond donors (Lipinski definition) is 2. The molecule has 1 fully saturated rings. The Morgan fingerprint density at radius 2 is 2.29 bits per heavy atom. The highest BCUT2D eigenvalue weighted by atomic mass is 16.2. The van der Waals surface area contributed by atoms with Crippen molar-refractivity contribution in [1.82, 2.24) is 20.4 Å². The van der Waals surface area contributed by atoms with E-state index >= 15 is 0 Å². The standard InChI is InChI=1S/C15H23N5O/c1-12-7-18-20(9-12)10-13(2)17-8-14(21)19-15(11-16)5-3-4-6-15/h7,9,13,17H,3-6,8,10H2,1-2H3,(H,19,21). The van der Waals surface area contributed by atoms with Crippen LogP contribution in [0, 0.1) is 18.3 Å². The zero-order valence-corrected chi connectivity index (χ0v) is 12.7. The largest absolute Gasteiger partial charge is 0.337 e. The van der Waals surface area contributed by atoms with Gasteiger partial charge < -0.3 is 10.6 Å². The lowest BCUT2D eigenvalue weighted by molar-refractivity contribution is -0.121. The average molecular weight is 289 g/mol. The van der Waals surface area contributed by atoms with Crippen LogP contribution >= 0.6 is 0 Å². The van der Waals surface area contributed by atoms with Crippen LogP contribution in [0.4, 0.5) is 0 Å². The summed E-state index contributed by atoms with van der Waals surface area (Å²) < 4.78 is 1.86. The van der Waals surface area contributed by atoms with Gasteiger partial charge in [-0.05, 0) is 45.1 Å². The fraction of sp³-hybridized carbons (Fsp3) is 0.667. The first-order chi connectivity index (χ1) is 10.0. The molecule has 2 N–H and O–H groups in total. The van der Waals surface area contributed by atoms with Crippen LogP contribution in [-0.2, 0) is 11.3 Å². The van der Waals surface area contributed by atoms with Gasteiger partial charge in [0.15, 0.2) is 0 Å². The lowest BCUT2D eigenvalue weighted by atomic mass is 10.00. The second-order valence-electron chi connectivity index (χ2n) is 5.97. The number of amides is 1. The molecule has 1 amide bonds. The predicted octanol–water partition coefficient (Wildman–Crippen LogP) is 1.12. The van der Waals surface area contributed by atoms with Crippen LogP contribution in [0.25, 0.3) is 0 Å². The molecular weight excluding hydrogens is 266 g/mol. The second kappa shape index (κ2) is 6.72. The quantitative estimate of drug-likeness (QED) is 0.822. The number of carbonyl (C=O) groups is 1. The lowest BCUT2D eigenvalue weighted by Crippen LogP contribution is -2.49. The van der Waals surface area contributed by atoms with Gasteiger partial charge in [-0.15, -0.1) is 0 Å².